The lowest BCUT2D eigenvalue weighted by Crippen LogP contribution is -2.47. The number of ether oxygens (including phenoxy) is 2. The number of esters is 1. The number of hydrogen-bond donors (Lipinski definition) is 2. The summed E-state index contributed by atoms with van der Waals surface area (Å²) >= 11 is 0. The number of methoxy groups -OCH3 is 1. The van der Waals surface area contributed by atoms with Crippen molar-refractivity contribution in [3.8, 4) is 0 Å². The van der Waals surface area contributed by atoms with Gasteiger partial charge in [0.2, 0.25) is 0 Å². The molecule has 0 aliphatic carbocycles. The molecule has 1 rings (SSSR count). The van der Waals surface area contributed by atoms with Crippen molar-refractivity contribution in [2.45, 2.75) is 12.5 Å². The Labute approximate surface area is 76.8 Å². The molecule has 76 valence electrons. The van der Waals surface area contributed by atoms with Gasteiger partial charge in [-0.3, -0.25) is 0 Å². The summed E-state index contributed by atoms with van der Waals surface area (Å²) in [5.74, 6) is -0.643. The summed E-state index contributed by atoms with van der Waals surface area (Å²) in [7, 11) is 1.24. The average Bonchev–Trinajstić information content (AvgIpc) is 2.65. The molecule has 1 saturated heterocycles. The van der Waals surface area contributed by atoms with Crippen LogP contribution in [0.4, 0.5) is 0 Å². The van der Waals surface area contributed by atoms with E-state index in [9.17, 15) is 9.90 Å². The van der Waals surface area contributed by atoms with Gasteiger partial charge in [0, 0.05) is 18.6 Å². The molecule has 5 heteroatoms. The van der Waals surface area contributed by atoms with E-state index in [4.69, 9.17) is 10.5 Å². The minimum absolute atomic E-state index is 0.225. The van der Waals surface area contributed by atoms with Gasteiger partial charge in [0.25, 0.3) is 0 Å². The van der Waals surface area contributed by atoms with E-state index in [2.05, 4.69) is 4.74 Å². The van der Waals surface area contributed by atoms with Gasteiger partial charge in [-0.1, -0.05) is 0 Å². The first-order valence-electron chi connectivity index (χ1n) is 4.20. The van der Waals surface area contributed by atoms with Crippen LogP contribution < -0.4 is 5.73 Å². The molecule has 0 aromatic carbocycles. The van der Waals surface area contributed by atoms with Crippen LogP contribution in [-0.2, 0) is 14.3 Å². The van der Waals surface area contributed by atoms with Gasteiger partial charge in [-0.05, 0) is 6.42 Å². The molecule has 2 atom stereocenters. The van der Waals surface area contributed by atoms with Crippen molar-refractivity contribution in [1.82, 2.24) is 0 Å². The van der Waals surface area contributed by atoms with Crippen LogP contribution in [0, 0.1) is 5.41 Å². The Kier molecular flexibility index (Phi) is 3.24. The van der Waals surface area contributed by atoms with E-state index in [1.807, 2.05) is 0 Å². The van der Waals surface area contributed by atoms with Crippen LogP contribution in [0.3, 0.4) is 0 Å². The molecule has 0 bridgehead atoms. The molecule has 0 saturated carbocycles. The molecule has 2 unspecified atom stereocenters. The lowest BCUT2D eigenvalue weighted by Gasteiger charge is -2.28. The smallest absolute Gasteiger partial charge is 0.335 e. The second kappa shape index (κ2) is 4.04. The van der Waals surface area contributed by atoms with Gasteiger partial charge in [0.1, 0.15) is 0 Å². The van der Waals surface area contributed by atoms with E-state index in [-0.39, 0.29) is 6.54 Å². The number of carbonyl (C=O) groups is 1. The Balaban J connectivity index is 2.70. The fraction of sp³-hybridized carbons (Fsp3) is 0.875. The first kappa shape index (κ1) is 10.4. The first-order valence-corrected chi connectivity index (χ1v) is 4.20. The number of hydrogen-bond acceptors (Lipinski definition) is 5. The SMILES string of the molecule is COC(=O)C(O)C1(CN)CCOC1. The van der Waals surface area contributed by atoms with Crippen LogP contribution in [0.15, 0.2) is 0 Å². The monoisotopic (exact) mass is 189 g/mol. The lowest BCUT2D eigenvalue weighted by atomic mass is 9.81. The van der Waals surface area contributed by atoms with Gasteiger partial charge < -0.3 is 20.3 Å². The highest BCUT2D eigenvalue weighted by Gasteiger charge is 2.44. The topological polar surface area (TPSA) is 81.8 Å². The molecule has 0 aromatic rings. The molecule has 3 N–H and O–H groups in total. The van der Waals surface area contributed by atoms with Crippen LogP contribution in [0.5, 0.6) is 0 Å². The second-order valence-corrected chi connectivity index (χ2v) is 3.29. The quantitative estimate of drug-likeness (QED) is 0.550. The van der Waals surface area contributed by atoms with E-state index in [1.54, 1.807) is 0 Å². The highest BCUT2D eigenvalue weighted by atomic mass is 16.5. The fourth-order valence-electron chi connectivity index (χ4n) is 1.47. The van der Waals surface area contributed by atoms with Crippen molar-refractivity contribution in [2.24, 2.45) is 11.1 Å². The minimum Gasteiger partial charge on any atom is -0.467 e. The third-order valence-corrected chi connectivity index (χ3v) is 2.54. The third kappa shape index (κ3) is 1.82. The van der Waals surface area contributed by atoms with E-state index >= 15 is 0 Å². The third-order valence-electron chi connectivity index (χ3n) is 2.54. The van der Waals surface area contributed by atoms with Crippen molar-refractivity contribution in [2.75, 3.05) is 26.9 Å². The molecular weight excluding hydrogens is 174 g/mol. The summed E-state index contributed by atoms with van der Waals surface area (Å²) in [5.41, 5.74) is 4.87. The normalized spacial score (nSPS) is 30.1. The first-order chi connectivity index (χ1) is 6.16. The summed E-state index contributed by atoms with van der Waals surface area (Å²) in [6.45, 7) is 1.08. The van der Waals surface area contributed by atoms with Gasteiger partial charge in [-0.25, -0.2) is 4.79 Å². The standard InChI is InChI=1S/C8H15NO4/c1-12-7(11)6(10)8(4-9)2-3-13-5-8/h6,10H,2-5,9H2,1H3. The number of nitrogens with two attached hydrogens (primary N) is 1. The molecule has 5 nitrogen and oxygen atoms in total. The van der Waals surface area contributed by atoms with Gasteiger partial charge >= 0.3 is 5.97 Å². The molecule has 0 spiro atoms. The van der Waals surface area contributed by atoms with Gasteiger partial charge in [-0.15, -0.1) is 0 Å². The van der Waals surface area contributed by atoms with Gasteiger partial charge in [0.15, 0.2) is 6.10 Å². The maximum atomic E-state index is 11.1. The average molecular weight is 189 g/mol. The number of rotatable bonds is 3. The summed E-state index contributed by atoms with van der Waals surface area (Å²) < 4.78 is 9.57. The summed E-state index contributed by atoms with van der Waals surface area (Å²) in [6.07, 6.45) is -0.579. The van der Waals surface area contributed by atoms with Crippen LogP contribution in [0.25, 0.3) is 0 Å². The van der Waals surface area contributed by atoms with Crippen molar-refractivity contribution in [3.05, 3.63) is 0 Å². The van der Waals surface area contributed by atoms with E-state index < -0.39 is 17.5 Å². The van der Waals surface area contributed by atoms with Crippen LogP contribution in [0.1, 0.15) is 6.42 Å². The maximum Gasteiger partial charge on any atom is 0.335 e. The van der Waals surface area contributed by atoms with Crippen LogP contribution in [-0.4, -0.2) is 44.0 Å². The summed E-state index contributed by atoms with van der Waals surface area (Å²) in [6, 6.07) is 0. The second-order valence-electron chi connectivity index (χ2n) is 3.29. The summed E-state index contributed by atoms with van der Waals surface area (Å²) in [4.78, 5) is 11.1. The van der Waals surface area contributed by atoms with Gasteiger partial charge in [0.05, 0.1) is 13.7 Å². The fourth-order valence-corrected chi connectivity index (χ4v) is 1.47. The Morgan fingerprint density at radius 1 is 1.85 bits per heavy atom. The number of aliphatic hydroxyl groups excluding tert-OH is 1. The van der Waals surface area contributed by atoms with Crippen molar-refractivity contribution < 1.29 is 19.4 Å². The number of carbonyl (C=O) groups excluding carboxylic acids is 1. The minimum atomic E-state index is -1.18. The largest absolute Gasteiger partial charge is 0.467 e. The summed E-state index contributed by atoms with van der Waals surface area (Å²) in [5, 5.41) is 9.63. The van der Waals surface area contributed by atoms with Crippen molar-refractivity contribution >= 4 is 5.97 Å². The highest BCUT2D eigenvalue weighted by molar-refractivity contribution is 5.75. The molecule has 0 amide bonds. The maximum absolute atomic E-state index is 11.1. The van der Waals surface area contributed by atoms with Crippen molar-refractivity contribution in [1.29, 1.82) is 0 Å². The molecule has 1 aliphatic heterocycles. The Bertz CT molecular complexity index is 189. The van der Waals surface area contributed by atoms with E-state index in [1.165, 1.54) is 7.11 Å². The Morgan fingerprint density at radius 3 is 2.92 bits per heavy atom. The zero-order chi connectivity index (χ0) is 9.90. The molecule has 1 fully saturated rings. The van der Waals surface area contributed by atoms with E-state index in [0.717, 1.165) is 0 Å². The van der Waals surface area contributed by atoms with Crippen LogP contribution >= 0.6 is 0 Å². The molecule has 13 heavy (non-hydrogen) atoms. The Hall–Kier alpha value is -0.650. The predicted octanol–water partition coefficient (Wildman–Crippen LogP) is -1.11. The molecule has 1 heterocycles. The van der Waals surface area contributed by atoms with Gasteiger partial charge in [-0.2, -0.15) is 0 Å². The van der Waals surface area contributed by atoms with Crippen molar-refractivity contribution in [3.63, 3.8) is 0 Å². The zero-order valence-electron chi connectivity index (χ0n) is 7.66. The molecule has 0 aromatic heterocycles. The lowest BCUT2D eigenvalue weighted by molar-refractivity contribution is -0.158. The molecule has 0 radical (unpaired) electrons. The number of aliphatic hydroxyl groups is 1. The molecule has 1 aliphatic rings. The highest BCUT2D eigenvalue weighted by Crippen LogP contribution is 2.31. The predicted molar refractivity (Wildman–Crippen MR) is 44.9 cm³/mol. The van der Waals surface area contributed by atoms with Crippen LogP contribution in [0.2, 0.25) is 0 Å². The molecular formula is C8H15NO4. The zero-order valence-corrected chi connectivity index (χ0v) is 7.66. The van der Waals surface area contributed by atoms with E-state index in [0.29, 0.717) is 19.6 Å². The Morgan fingerprint density at radius 2 is 2.54 bits per heavy atom.